The summed E-state index contributed by atoms with van der Waals surface area (Å²) in [5.41, 5.74) is -4.32. The molecule has 0 fully saturated rings. The Balaban J connectivity index is 0.000000249. The SMILES string of the molecule is Cc1ccc[nH]1.O=S(=O)(O)C(F)(F)F. The summed E-state index contributed by atoms with van der Waals surface area (Å²) in [5.74, 6) is 0. The monoisotopic (exact) mass is 231 g/mol. The van der Waals surface area contributed by atoms with Crippen LogP contribution in [-0.4, -0.2) is 23.5 Å². The van der Waals surface area contributed by atoms with E-state index in [2.05, 4.69) is 4.98 Å². The van der Waals surface area contributed by atoms with Crippen molar-refractivity contribution >= 4 is 10.1 Å². The fourth-order valence-electron chi connectivity index (χ4n) is 0.420. The smallest absolute Gasteiger partial charge is 0.365 e. The van der Waals surface area contributed by atoms with Crippen molar-refractivity contribution in [2.75, 3.05) is 0 Å². The summed E-state index contributed by atoms with van der Waals surface area (Å²) in [4.78, 5) is 3.00. The van der Waals surface area contributed by atoms with Gasteiger partial charge in [-0.05, 0) is 19.1 Å². The number of hydrogen-bond donors (Lipinski definition) is 2. The molecule has 8 heteroatoms. The lowest BCUT2D eigenvalue weighted by Gasteiger charge is -1.97. The minimum absolute atomic E-state index is 1.22. The molecular formula is C6H8F3NO3S. The van der Waals surface area contributed by atoms with Crippen LogP contribution in [0.3, 0.4) is 0 Å². The lowest BCUT2D eigenvalue weighted by molar-refractivity contribution is -0.0510. The van der Waals surface area contributed by atoms with E-state index in [0.717, 1.165) is 0 Å². The van der Waals surface area contributed by atoms with Gasteiger partial charge < -0.3 is 4.98 Å². The Bertz CT molecular complexity index is 354. The fourth-order valence-corrected chi connectivity index (χ4v) is 0.420. The van der Waals surface area contributed by atoms with Gasteiger partial charge in [-0.15, -0.1) is 0 Å². The van der Waals surface area contributed by atoms with Crippen molar-refractivity contribution in [3.05, 3.63) is 24.0 Å². The van der Waals surface area contributed by atoms with Gasteiger partial charge in [-0.2, -0.15) is 21.6 Å². The first kappa shape index (κ1) is 13.0. The van der Waals surface area contributed by atoms with Crippen molar-refractivity contribution in [1.29, 1.82) is 0 Å². The standard InChI is InChI=1S/C5H7N.CHF3O3S/c1-5-3-2-4-6-5;2-1(3,4)8(5,6)7/h2-4,6H,1H3;(H,5,6,7). The average Bonchev–Trinajstić information content (AvgIpc) is 2.35. The van der Waals surface area contributed by atoms with Crippen molar-refractivity contribution in [3.63, 3.8) is 0 Å². The van der Waals surface area contributed by atoms with E-state index < -0.39 is 15.6 Å². The molecular weight excluding hydrogens is 223 g/mol. The molecule has 0 radical (unpaired) electrons. The number of rotatable bonds is 0. The second-order valence-electron chi connectivity index (χ2n) is 2.27. The van der Waals surface area contributed by atoms with Gasteiger partial charge in [-0.3, -0.25) is 4.55 Å². The lowest BCUT2D eigenvalue weighted by atomic mass is 10.5. The second kappa shape index (κ2) is 4.47. The van der Waals surface area contributed by atoms with Gasteiger partial charge in [-0.25, -0.2) is 0 Å². The number of nitrogens with one attached hydrogen (secondary N) is 1. The maximum Gasteiger partial charge on any atom is 0.522 e. The summed E-state index contributed by atoms with van der Waals surface area (Å²) in [7, 11) is -5.84. The summed E-state index contributed by atoms with van der Waals surface area (Å²) in [6.07, 6.45) is 1.91. The first-order valence-electron chi connectivity index (χ1n) is 3.28. The van der Waals surface area contributed by atoms with Gasteiger partial charge in [0, 0.05) is 11.9 Å². The summed E-state index contributed by atoms with van der Waals surface area (Å²) in [5, 5.41) is 0. The highest BCUT2D eigenvalue weighted by molar-refractivity contribution is 7.86. The van der Waals surface area contributed by atoms with E-state index in [4.69, 9.17) is 13.0 Å². The topological polar surface area (TPSA) is 70.2 Å². The third-order valence-electron chi connectivity index (χ3n) is 1.05. The van der Waals surface area contributed by atoms with E-state index in [0.29, 0.717) is 0 Å². The van der Waals surface area contributed by atoms with Crippen LogP contribution in [0.5, 0.6) is 0 Å². The minimum atomic E-state index is -5.84. The minimum Gasteiger partial charge on any atom is -0.365 e. The Morgan fingerprint density at radius 2 is 1.86 bits per heavy atom. The molecule has 0 saturated carbocycles. The molecule has 82 valence electrons. The van der Waals surface area contributed by atoms with E-state index in [9.17, 15) is 13.2 Å². The lowest BCUT2D eigenvalue weighted by Crippen LogP contribution is -2.21. The number of H-pyrrole nitrogens is 1. The highest BCUT2D eigenvalue weighted by Gasteiger charge is 2.44. The first-order chi connectivity index (χ1) is 6.14. The van der Waals surface area contributed by atoms with E-state index in [1.165, 1.54) is 5.69 Å². The number of hydrogen-bond acceptors (Lipinski definition) is 2. The fraction of sp³-hybridized carbons (Fsp3) is 0.333. The molecule has 0 amide bonds. The molecule has 1 heterocycles. The molecule has 14 heavy (non-hydrogen) atoms. The average molecular weight is 231 g/mol. The normalized spacial score (nSPS) is 11.8. The molecule has 0 unspecified atom stereocenters. The van der Waals surface area contributed by atoms with Gasteiger partial charge in [0.25, 0.3) is 0 Å². The highest BCUT2D eigenvalue weighted by atomic mass is 32.2. The highest BCUT2D eigenvalue weighted by Crippen LogP contribution is 2.20. The molecule has 0 aromatic carbocycles. The van der Waals surface area contributed by atoms with E-state index in [1.54, 1.807) is 0 Å². The molecule has 0 spiro atoms. The van der Waals surface area contributed by atoms with E-state index in [1.807, 2.05) is 25.3 Å². The zero-order valence-electron chi connectivity index (χ0n) is 7.04. The van der Waals surface area contributed by atoms with Crippen LogP contribution in [0.15, 0.2) is 18.3 Å². The number of aromatic nitrogens is 1. The predicted octanol–water partition coefficient (Wildman–Crippen LogP) is 1.72. The molecule has 2 N–H and O–H groups in total. The van der Waals surface area contributed by atoms with Crippen molar-refractivity contribution in [1.82, 2.24) is 4.98 Å². The van der Waals surface area contributed by atoms with Crippen molar-refractivity contribution in [2.45, 2.75) is 12.4 Å². The first-order valence-corrected chi connectivity index (χ1v) is 4.72. The molecule has 1 rings (SSSR count). The maximum absolute atomic E-state index is 10.7. The van der Waals surface area contributed by atoms with Gasteiger partial charge in [0.2, 0.25) is 0 Å². The Morgan fingerprint density at radius 3 is 1.93 bits per heavy atom. The van der Waals surface area contributed by atoms with Crippen LogP contribution in [0.1, 0.15) is 5.69 Å². The van der Waals surface area contributed by atoms with Crippen molar-refractivity contribution in [3.8, 4) is 0 Å². The summed E-state index contributed by atoms with van der Waals surface area (Å²) in [6, 6.07) is 4.01. The van der Waals surface area contributed by atoms with E-state index >= 15 is 0 Å². The van der Waals surface area contributed by atoms with Crippen LogP contribution in [0, 0.1) is 6.92 Å². The molecule has 4 nitrogen and oxygen atoms in total. The van der Waals surface area contributed by atoms with Crippen LogP contribution in [-0.2, 0) is 10.1 Å². The summed E-state index contributed by atoms with van der Waals surface area (Å²) >= 11 is 0. The van der Waals surface area contributed by atoms with E-state index in [-0.39, 0.29) is 0 Å². The third-order valence-corrected chi connectivity index (χ3v) is 1.63. The van der Waals surface area contributed by atoms with Gasteiger partial charge in [0.1, 0.15) is 0 Å². The Kier molecular flexibility index (Phi) is 4.14. The van der Waals surface area contributed by atoms with Gasteiger partial charge >= 0.3 is 15.6 Å². The third kappa shape index (κ3) is 4.87. The molecule has 1 aromatic heterocycles. The van der Waals surface area contributed by atoms with Crippen LogP contribution >= 0.6 is 0 Å². The van der Waals surface area contributed by atoms with Crippen molar-refractivity contribution in [2.24, 2.45) is 0 Å². The van der Waals surface area contributed by atoms with Crippen molar-refractivity contribution < 1.29 is 26.1 Å². The Morgan fingerprint density at radius 1 is 1.43 bits per heavy atom. The molecule has 0 atom stereocenters. The predicted molar refractivity (Wildman–Crippen MR) is 43.1 cm³/mol. The molecule has 0 saturated heterocycles. The zero-order valence-corrected chi connectivity index (χ0v) is 7.85. The molecule has 0 bridgehead atoms. The Hall–Kier alpha value is -1.02. The molecule has 0 aliphatic rings. The largest absolute Gasteiger partial charge is 0.522 e. The second-order valence-corrected chi connectivity index (χ2v) is 3.69. The van der Waals surface area contributed by atoms with Gasteiger partial charge in [-0.1, -0.05) is 0 Å². The molecule has 0 aliphatic heterocycles. The quantitative estimate of drug-likeness (QED) is 0.527. The van der Waals surface area contributed by atoms with Crippen LogP contribution in [0.2, 0.25) is 0 Å². The van der Waals surface area contributed by atoms with Gasteiger partial charge in [0.05, 0.1) is 0 Å². The number of halogens is 3. The van der Waals surface area contributed by atoms with Crippen LogP contribution in [0.25, 0.3) is 0 Å². The number of aromatic amines is 1. The molecule has 1 aromatic rings. The number of alkyl halides is 3. The Labute approximate surface area is 78.5 Å². The summed E-state index contributed by atoms with van der Waals surface area (Å²) < 4.78 is 57.5. The number of aryl methyl sites for hydroxylation is 1. The van der Waals surface area contributed by atoms with Gasteiger partial charge in [0.15, 0.2) is 0 Å². The van der Waals surface area contributed by atoms with Crippen LogP contribution in [0.4, 0.5) is 13.2 Å². The zero-order chi connectivity index (χ0) is 11.4. The van der Waals surface area contributed by atoms with Crippen LogP contribution < -0.4 is 0 Å². The maximum atomic E-state index is 10.7. The molecule has 0 aliphatic carbocycles. The summed E-state index contributed by atoms with van der Waals surface area (Å²) in [6.45, 7) is 2.03.